The van der Waals surface area contributed by atoms with E-state index in [4.69, 9.17) is 5.11 Å². The highest BCUT2D eigenvalue weighted by Gasteiger charge is 2.08. The van der Waals surface area contributed by atoms with Crippen LogP contribution in [0.3, 0.4) is 0 Å². The number of aromatic nitrogens is 1. The Morgan fingerprint density at radius 1 is 1.69 bits per heavy atom. The molecule has 1 heterocycles. The molecule has 1 rings (SSSR count). The number of aliphatic hydroxyl groups is 1. The molecule has 16 heavy (non-hydrogen) atoms. The Bertz CT molecular complexity index is 341. The van der Waals surface area contributed by atoms with Crippen molar-refractivity contribution >= 4 is 17.3 Å². The molecule has 6 heteroatoms. The van der Waals surface area contributed by atoms with Crippen molar-refractivity contribution in [2.75, 3.05) is 13.1 Å². The van der Waals surface area contributed by atoms with E-state index in [-0.39, 0.29) is 6.42 Å². The van der Waals surface area contributed by atoms with Gasteiger partial charge >= 0.3 is 5.97 Å². The third-order valence-electron chi connectivity index (χ3n) is 2.01. The van der Waals surface area contributed by atoms with E-state index in [0.717, 1.165) is 17.1 Å². The van der Waals surface area contributed by atoms with Crippen LogP contribution >= 0.6 is 11.3 Å². The van der Waals surface area contributed by atoms with Gasteiger partial charge in [-0.15, -0.1) is 11.3 Å². The van der Waals surface area contributed by atoms with Gasteiger partial charge in [0.15, 0.2) is 0 Å². The summed E-state index contributed by atoms with van der Waals surface area (Å²) in [6.07, 6.45) is -0.248. The Balaban J connectivity index is 2.10. The molecule has 3 N–H and O–H groups in total. The van der Waals surface area contributed by atoms with Crippen molar-refractivity contribution in [3.63, 3.8) is 0 Å². The first-order chi connectivity index (χ1) is 7.58. The fraction of sp³-hybridized carbons (Fsp3) is 0.600. The minimum Gasteiger partial charge on any atom is -0.481 e. The maximum absolute atomic E-state index is 10.3. The lowest BCUT2D eigenvalue weighted by Crippen LogP contribution is -2.30. The van der Waals surface area contributed by atoms with E-state index < -0.39 is 12.1 Å². The molecular formula is C10H16N2O3S. The van der Waals surface area contributed by atoms with E-state index >= 15 is 0 Å². The summed E-state index contributed by atoms with van der Waals surface area (Å²) < 4.78 is 0. The number of thiazole rings is 1. The third-order valence-corrected chi connectivity index (χ3v) is 2.84. The van der Waals surface area contributed by atoms with Gasteiger partial charge in [0.05, 0.1) is 23.2 Å². The molecule has 0 aliphatic carbocycles. The van der Waals surface area contributed by atoms with Crippen LogP contribution in [0.2, 0.25) is 0 Å². The van der Waals surface area contributed by atoms with E-state index in [9.17, 15) is 9.90 Å². The molecule has 0 fully saturated rings. The molecule has 0 radical (unpaired) electrons. The second-order valence-corrected chi connectivity index (χ2v) is 4.63. The highest BCUT2D eigenvalue weighted by Crippen LogP contribution is 2.07. The summed E-state index contributed by atoms with van der Waals surface area (Å²) in [4.78, 5) is 14.6. The predicted molar refractivity (Wildman–Crippen MR) is 61.7 cm³/mol. The second kappa shape index (κ2) is 6.57. The molecule has 0 saturated carbocycles. The number of hydrogen-bond donors (Lipinski definition) is 3. The van der Waals surface area contributed by atoms with E-state index in [2.05, 4.69) is 10.3 Å². The molecule has 0 aromatic carbocycles. The molecule has 1 unspecified atom stereocenters. The number of nitrogens with one attached hydrogen (secondary N) is 1. The first-order valence-corrected chi connectivity index (χ1v) is 5.97. The standard InChI is InChI=1S/C10H16N2O3S/c1-7-12-8(6-16-7)2-3-11-5-9(13)4-10(14)15/h6,9,11,13H,2-5H2,1H3,(H,14,15). The third kappa shape index (κ3) is 5.20. The Morgan fingerprint density at radius 2 is 2.44 bits per heavy atom. The smallest absolute Gasteiger partial charge is 0.306 e. The van der Waals surface area contributed by atoms with Gasteiger partial charge in [-0.3, -0.25) is 4.79 Å². The summed E-state index contributed by atoms with van der Waals surface area (Å²) in [5.74, 6) is -0.982. The minimum absolute atomic E-state index is 0.219. The van der Waals surface area contributed by atoms with Gasteiger partial charge in [0.25, 0.3) is 0 Å². The highest BCUT2D eigenvalue weighted by molar-refractivity contribution is 7.09. The first-order valence-electron chi connectivity index (χ1n) is 5.09. The first kappa shape index (κ1) is 13.1. The predicted octanol–water partition coefficient (Wildman–Crippen LogP) is 0.419. The van der Waals surface area contributed by atoms with E-state index in [0.29, 0.717) is 13.1 Å². The molecule has 90 valence electrons. The average molecular weight is 244 g/mol. The SMILES string of the molecule is Cc1nc(CCNCC(O)CC(=O)O)cs1. The summed E-state index contributed by atoms with van der Waals surface area (Å²) in [7, 11) is 0. The molecule has 0 bridgehead atoms. The van der Waals surface area contributed by atoms with Gasteiger partial charge in [-0.2, -0.15) is 0 Å². The van der Waals surface area contributed by atoms with Crippen molar-refractivity contribution in [2.24, 2.45) is 0 Å². The lowest BCUT2D eigenvalue weighted by atomic mass is 10.2. The molecule has 0 aliphatic rings. The van der Waals surface area contributed by atoms with Crippen LogP contribution in [0.25, 0.3) is 0 Å². The zero-order chi connectivity index (χ0) is 12.0. The average Bonchev–Trinajstić information content (AvgIpc) is 2.58. The van der Waals surface area contributed by atoms with Crippen molar-refractivity contribution in [1.82, 2.24) is 10.3 Å². The Hall–Kier alpha value is -0.980. The van der Waals surface area contributed by atoms with E-state index in [1.165, 1.54) is 0 Å². The second-order valence-electron chi connectivity index (χ2n) is 3.56. The molecular weight excluding hydrogens is 228 g/mol. The van der Waals surface area contributed by atoms with Gasteiger partial charge in [-0.25, -0.2) is 4.98 Å². The Labute approximate surface area is 98.1 Å². The van der Waals surface area contributed by atoms with Crippen LogP contribution in [0.15, 0.2) is 5.38 Å². The van der Waals surface area contributed by atoms with Crippen molar-refractivity contribution in [3.05, 3.63) is 16.1 Å². The number of carboxylic acid groups (broad SMARTS) is 1. The fourth-order valence-corrected chi connectivity index (χ4v) is 1.93. The quantitative estimate of drug-likeness (QED) is 0.605. The summed E-state index contributed by atoms with van der Waals surface area (Å²) >= 11 is 1.61. The molecule has 0 saturated heterocycles. The zero-order valence-electron chi connectivity index (χ0n) is 9.14. The maximum Gasteiger partial charge on any atom is 0.306 e. The zero-order valence-corrected chi connectivity index (χ0v) is 9.96. The van der Waals surface area contributed by atoms with Crippen LogP contribution in [-0.2, 0) is 11.2 Å². The van der Waals surface area contributed by atoms with Gasteiger partial charge in [-0.1, -0.05) is 0 Å². The van der Waals surface area contributed by atoms with Crippen molar-refractivity contribution in [3.8, 4) is 0 Å². The van der Waals surface area contributed by atoms with E-state index in [1.807, 2.05) is 12.3 Å². The molecule has 5 nitrogen and oxygen atoms in total. The number of rotatable bonds is 7. The van der Waals surface area contributed by atoms with Gasteiger partial charge in [0.2, 0.25) is 0 Å². The van der Waals surface area contributed by atoms with Gasteiger partial charge in [0.1, 0.15) is 0 Å². The number of aryl methyl sites for hydroxylation is 1. The number of carbonyl (C=O) groups is 1. The topological polar surface area (TPSA) is 82.5 Å². The summed E-state index contributed by atoms with van der Waals surface area (Å²) in [6.45, 7) is 2.95. The van der Waals surface area contributed by atoms with Crippen LogP contribution in [0, 0.1) is 6.92 Å². The highest BCUT2D eigenvalue weighted by atomic mass is 32.1. The lowest BCUT2D eigenvalue weighted by Gasteiger charge is -2.08. The van der Waals surface area contributed by atoms with Crippen LogP contribution in [0.5, 0.6) is 0 Å². The summed E-state index contributed by atoms with van der Waals surface area (Å²) in [5.41, 5.74) is 1.03. The van der Waals surface area contributed by atoms with Crippen molar-refractivity contribution in [1.29, 1.82) is 0 Å². The van der Waals surface area contributed by atoms with Crippen LogP contribution in [-0.4, -0.2) is 40.4 Å². The fourth-order valence-electron chi connectivity index (χ4n) is 1.28. The maximum atomic E-state index is 10.3. The molecule has 0 aliphatic heterocycles. The number of aliphatic carboxylic acids is 1. The van der Waals surface area contributed by atoms with Gasteiger partial charge in [-0.05, 0) is 6.92 Å². The number of hydrogen-bond acceptors (Lipinski definition) is 5. The Morgan fingerprint density at radius 3 is 3.00 bits per heavy atom. The van der Waals surface area contributed by atoms with Crippen molar-refractivity contribution < 1.29 is 15.0 Å². The van der Waals surface area contributed by atoms with Gasteiger partial charge in [0, 0.05) is 24.9 Å². The number of carboxylic acids is 1. The van der Waals surface area contributed by atoms with Gasteiger partial charge < -0.3 is 15.5 Å². The molecule has 1 atom stereocenters. The van der Waals surface area contributed by atoms with Crippen LogP contribution in [0.4, 0.5) is 0 Å². The summed E-state index contributed by atoms with van der Waals surface area (Å²) in [6, 6.07) is 0. The van der Waals surface area contributed by atoms with Crippen molar-refractivity contribution in [2.45, 2.75) is 25.9 Å². The molecule has 0 amide bonds. The Kier molecular flexibility index (Phi) is 5.37. The monoisotopic (exact) mass is 244 g/mol. The summed E-state index contributed by atoms with van der Waals surface area (Å²) in [5, 5.41) is 23.7. The number of aliphatic hydroxyl groups excluding tert-OH is 1. The van der Waals surface area contributed by atoms with Crippen LogP contribution < -0.4 is 5.32 Å². The molecule has 0 spiro atoms. The normalized spacial score (nSPS) is 12.6. The molecule has 1 aromatic rings. The lowest BCUT2D eigenvalue weighted by molar-refractivity contribution is -0.139. The minimum atomic E-state index is -0.982. The largest absolute Gasteiger partial charge is 0.481 e. The molecule has 1 aromatic heterocycles. The number of nitrogens with zero attached hydrogens (tertiary/aromatic N) is 1. The van der Waals surface area contributed by atoms with Crippen LogP contribution in [0.1, 0.15) is 17.1 Å². The van der Waals surface area contributed by atoms with E-state index in [1.54, 1.807) is 11.3 Å².